The maximum Gasteiger partial charge on any atom is 0.234 e. The number of benzene rings is 1. The predicted molar refractivity (Wildman–Crippen MR) is 70.2 cm³/mol. The highest BCUT2D eigenvalue weighted by Crippen LogP contribution is 2.25. The van der Waals surface area contributed by atoms with E-state index < -0.39 is 0 Å². The monoisotopic (exact) mass is 239 g/mol. The summed E-state index contributed by atoms with van der Waals surface area (Å²) in [5.41, 5.74) is 2.18. The Labute approximate surface area is 105 Å². The van der Waals surface area contributed by atoms with Crippen molar-refractivity contribution in [2.24, 2.45) is 0 Å². The van der Waals surface area contributed by atoms with Crippen LogP contribution < -0.4 is 4.74 Å². The Morgan fingerprint density at radius 2 is 1.89 bits per heavy atom. The third-order valence-corrected chi connectivity index (χ3v) is 2.94. The lowest BCUT2D eigenvalue weighted by molar-refractivity contribution is 0.415. The zero-order valence-corrected chi connectivity index (χ0v) is 10.3. The van der Waals surface area contributed by atoms with Crippen LogP contribution in [0.2, 0.25) is 0 Å². The molecule has 0 unspecified atom stereocenters. The van der Waals surface area contributed by atoms with Crippen molar-refractivity contribution in [2.75, 3.05) is 7.11 Å². The molecule has 0 aliphatic rings. The van der Waals surface area contributed by atoms with E-state index in [2.05, 4.69) is 16.0 Å². The molecule has 3 rings (SSSR count). The summed E-state index contributed by atoms with van der Waals surface area (Å²) in [6, 6.07) is 9.91. The molecule has 0 radical (unpaired) electrons. The first kappa shape index (κ1) is 10.8. The minimum Gasteiger partial charge on any atom is -0.497 e. The molecular formula is C14H13N3O. The molecule has 0 amide bonds. The number of methoxy groups -OCH3 is 1. The van der Waals surface area contributed by atoms with Crippen molar-refractivity contribution >= 4 is 10.9 Å². The molecule has 4 heteroatoms. The molecule has 3 aromatic rings. The second-order valence-electron chi connectivity index (χ2n) is 4.09. The van der Waals surface area contributed by atoms with Gasteiger partial charge in [-0.1, -0.05) is 0 Å². The molecule has 2 aromatic heterocycles. The fourth-order valence-corrected chi connectivity index (χ4v) is 2.13. The minimum absolute atomic E-state index is 0.690. The standard InChI is InChI=1S/C14H13N3O/c1-10-8-11-9-12(18-2)4-5-13(11)17(10)14-15-6-3-7-16-14/h3-9H,1-2H3. The molecule has 4 nitrogen and oxygen atoms in total. The molecule has 0 atom stereocenters. The van der Waals surface area contributed by atoms with Gasteiger partial charge in [-0.05, 0) is 37.3 Å². The number of ether oxygens (including phenoxy) is 1. The number of fused-ring (bicyclic) bond motifs is 1. The van der Waals surface area contributed by atoms with Crippen molar-refractivity contribution in [1.82, 2.24) is 14.5 Å². The summed E-state index contributed by atoms with van der Waals surface area (Å²) < 4.78 is 7.27. The van der Waals surface area contributed by atoms with Crippen molar-refractivity contribution in [1.29, 1.82) is 0 Å². The van der Waals surface area contributed by atoms with Crippen LogP contribution in [0.3, 0.4) is 0 Å². The Balaban J connectivity index is 2.27. The van der Waals surface area contributed by atoms with E-state index in [-0.39, 0.29) is 0 Å². The minimum atomic E-state index is 0.690. The molecule has 0 spiro atoms. The fourth-order valence-electron chi connectivity index (χ4n) is 2.13. The van der Waals surface area contributed by atoms with Crippen molar-refractivity contribution in [3.05, 3.63) is 48.4 Å². The summed E-state index contributed by atoms with van der Waals surface area (Å²) in [7, 11) is 1.67. The molecular weight excluding hydrogens is 226 g/mol. The van der Waals surface area contributed by atoms with E-state index in [0.717, 1.165) is 22.3 Å². The van der Waals surface area contributed by atoms with E-state index in [1.807, 2.05) is 35.8 Å². The van der Waals surface area contributed by atoms with Gasteiger partial charge in [-0.15, -0.1) is 0 Å². The third-order valence-electron chi connectivity index (χ3n) is 2.94. The normalized spacial score (nSPS) is 10.8. The lowest BCUT2D eigenvalue weighted by Crippen LogP contribution is -2.01. The largest absolute Gasteiger partial charge is 0.497 e. The van der Waals surface area contributed by atoms with Gasteiger partial charge in [-0.3, -0.25) is 4.57 Å². The Morgan fingerprint density at radius 1 is 1.11 bits per heavy atom. The van der Waals surface area contributed by atoms with Crippen LogP contribution in [-0.4, -0.2) is 21.6 Å². The molecule has 1 aromatic carbocycles. The van der Waals surface area contributed by atoms with Crippen molar-refractivity contribution in [3.8, 4) is 11.7 Å². The zero-order chi connectivity index (χ0) is 12.5. The lowest BCUT2D eigenvalue weighted by atomic mass is 10.2. The van der Waals surface area contributed by atoms with Gasteiger partial charge in [-0.25, -0.2) is 9.97 Å². The summed E-state index contributed by atoms with van der Waals surface area (Å²) in [5.74, 6) is 1.55. The predicted octanol–water partition coefficient (Wildman–Crippen LogP) is 2.74. The smallest absolute Gasteiger partial charge is 0.234 e. The first-order valence-electron chi connectivity index (χ1n) is 5.73. The number of nitrogens with zero attached hydrogens (tertiary/aromatic N) is 3. The molecule has 0 aliphatic carbocycles. The van der Waals surface area contributed by atoms with Crippen LogP contribution >= 0.6 is 0 Å². The van der Waals surface area contributed by atoms with E-state index in [9.17, 15) is 0 Å². The quantitative estimate of drug-likeness (QED) is 0.690. The summed E-state index contributed by atoms with van der Waals surface area (Å²) in [5, 5.41) is 1.12. The van der Waals surface area contributed by atoms with Crippen LogP contribution in [0.1, 0.15) is 5.69 Å². The summed E-state index contributed by atoms with van der Waals surface area (Å²) in [4.78, 5) is 8.59. The maximum atomic E-state index is 5.24. The van der Waals surface area contributed by atoms with Gasteiger partial charge in [0.1, 0.15) is 5.75 Å². The Hall–Kier alpha value is -2.36. The first-order chi connectivity index (χ1) is 8.79. The van der Waals surface area contributed by atoms with E-state index in [0.29, 0.717) is 5.95 Å². The molecule has 0 N–H and O–H groups in total. The molecule has 0 saturated carbocycles. The average Bonchev–Trinajstić information content (AvgIpc) is 2.74. The van der Waals surface area contributed by atoms with Gasteiger partial charge in [0.2, 0.25) is 5.95 Å². The summed E-state index contributed by atoms with van der Waals surface area (Å²) >= 11 is 0. The molecule has 2 heterocycles. The highest BCUT2D eigenvalue weighted by Gasteiger charge is 2.09. The highest BCUT2D eigenvalue weighted by atomic mass is 16.5. The average molecular weight is 239 g/mol. The van der Waals surface area contributed by atoms with E-state index >= 15 is 0 Å². The molecule has 0 bridgehead atoms. The summed E-state index contributed by atoms with van der Waals surface area (Å²) in [6.45, 7) is 2.04. The fraction of sp³-hybridized carbons (Fsp3) is 0.143. The lowest BCUT2D eigenvalue weighted by Gasteiger charge is -2.05. The molecule has 0 aliphatic heterocycles. The van der Waals surface area contributed by atoms with E-state index in [1.54, 1.807) is 19.5 Å². The van der Waals surface area contributed by atoms with Gasteiger partial charge in [0.05, 0.1) is 12.6 Å². The van der Waals surface area contributed by atoms with E-state index in [1.165, 1.54) is 0 Å². The van der Waals surface area contributed by atoms with Crippen molar-refractivity contribution in [2.45, 2.75) is 6.92 Å². The van der Waals surface area contributed by atoms with Gasteiger partial charge in [0.15, 0.2) is 0 Å². The SMILES string of the molecule is COc1ccc2c(c1)cc(C)n2-c1ncccn1. The van der Waals surface area contributed by atoms with Gasteiger partial charge >= 0.3 is 0 Å². The van der Waals surface area contributed by atoms with Gasteiger partial charge < -0.3 is 4.74 Å². The third kappa shape index (κ3) is 1.62. The van der Waals surface area contributed by atoms with Crippen LogP contribution in [0.4, 0.5) is 0 Å². The second-order valence-corrected chi connectivity index (χ2v) is 4.09. The zero-order valence-electron chi connectivity index (χ0n) is 10.3. The molecule has 90 valence electrons. The topological polar surface area (TPSA) is 39.9 Å². The van der Waals surface area contributed by atoms with Crippen LogP contribution in [-0.2, 0) is 0 Å². The maximum absolute atomic E-state index is 5.24. The summed E-state index contributed by atoms with van der Waals surface area (Å²) in [6.07, 6.45) is 3.49. The second kappa shape index (κ2) is 4.14. The van der Waals surface area contributed by atoms with Gasteiger partial charge in [0, 0.05) is 23.5 Å². The number of hydrogen-bond acceptors (Lipinski definition) is 3. The number of aryl methyl sites for hydroxylation is 1. The van der Waals surface area contributed by atoms with Crippen molar-refractivity contribution < 1.29 is 4.74 Å². The Morgan fingerprint density at radius 3 is 2.61 bits per heavy atom. The van der Waals surface area contributed by atoms with Crippen LogP contribution in [0.25, 0.3) is 16.9 Å². The molecule has 0 fully saturated rings. The van der Waals surface area contributed by atoms with Gasteiger partial charge in [0.25, 0.3) is 0 Å². The number of aromatic nitrogens is 3. The van der Waals surface area contributed by atoms with Gasteiger partial charge in [-0.2, -0.15) is 0 Å². The van der Waals surface area contributed by atoms with Crippen molar-refractivity contribution in [3.63, 3.8) is 0 Å². The first-order valence-corrected chi connectivity index (χ1v) is 5.73. The molecule has 18 heavy (non-hydrogen) atoms. The Bertz CT molecular complexity index is 689. The number of rotatable bonds is 2. The van der Waals surface area contributed by atoms with E-state index in [4.69, 9.17) is 4.74 Å². The van der Waals surface area contributed by atoms with Crippen LogP contribution in [0.5, 0.6) is 5.75 Å². The number of hydrogen-bond donors (Lipinski definition) is 0. The molecule has 0 saturated heterocycles. The van der Waals surface area contributed by atoms with Crippen LogP contribution in [0, 0.1) is 6.92 Å². The van der Waals surface area contributed by atoms with Crippen LogP contribution in [0.15, 0.2) is 42.7 Å². The highest BCUT2D eigenvalue weighted by molar-refractivity contribution is 5.84. The Kier molecular flexibility index (Phi) is 2.48.